The number of nitrogens with zero attached hydrogens (tertiary/aromatic N) is 3. The molecule has 144 valence electrons. The Morgan fingerprint density at radius 1 is 0.667 bits per heavy atom. The summed E-state index contributed by atoms with van der Waals surface area (Å²) in [6, 6.07) is 23.3. The van der Waals surface area contributed by atoms with E-state index >= 15 is 0 Å². The molecule has 3 heterocycles. The number of fused-ring (bicyclic) bond motifs is 2. The number of aromatic nitrogens is 3. The fraction of sp³-hybridized carbons (Fsp3) is 0.0400. The predicted octanol–water partition coefficient (Wildman–Crippen LogP) is 5.30. The van der Waals surface area contributed by atoms with Crippen LogP contribution in [0.2, 0.25) is 0 Å². The summed E-state index contributed by atoms with van der Waals surface area (Å²) in [7, 11) is 1.37. The lowest BCUT2D eigenvalue weighted by molar-refractivity contribution is 0.0600. The molecule has 0 fully saturated rings. The van der Waals surface area contributed by atoms with Gasteiger partial charge in [-0.1, -0.05) is 48.5 Å². The highest BCUT2D eigenvalue weighted by Gasteiger charge is 2.14. The van der Waals surface area contributed by atoms with Crippen molar-refractivity contribution in [1.82, 2.24) is 15.0 Å². The molecule has 0 bridgehead atoms. The molecule has 3 aromatic heterocycles. The number of ether oxygens (including phenoxy) is 1. The van der Waals surface area contributed by atoms with Crippen molar-refractivity contribution in [2.45, 2.75) is 0 Å². The lowest BCUT2D eigenvalue weighted by Crippen LogP contribution is -2.04. The van der Waals surface area contributed by atoms with Crippen molar-refractivity contribution >= 4 is 27.5 Å². The number of methoxy groups -OCH3 is 1. The molecule has 0 radical (unpaired) electrons. The molecular weight excluding hydrogens is 374 g/mol. The van der Waals surface area contributed by atoms with Crippen LogP contribution in [0.4, 0.5) is 0 Å². The molecule has 5 nitrogen and oxygen atoms in total. The Balaban J connectivity index is 1.69. The molecule has 0 unspecified atom stereocenters. The first-order valence-corrected chi connectivity index (χ1v) is 9.52. The highest BCUT2D eigenvalue weighted by molar-refractivity contribution is 5.93. The van der Waals surface area contributed by atoms with E-state index in [1.54, 1.807) is 12.1 Å². The largest absolute Gasteiger partial charge is 0.465 e. The second-order valence-corrected chi connectivity index (χ2v) is 6.95. The normalized spacial score (nSPS) is 11.0. The van der Waals surface area contributed by atoms with Crippen LogP contribution in [0.15, 0.2) is 85.2 Å². The quantitative estimate of drug-likeness (QED) is 0.391. The molecule has 5 heteroatoms. The number of rotatable bonds is 3. The highest BCUT2D eigenvalue weighted by Crippen LogP contribution is 2.27. The number of pyridine rings is 3. The molecule has 0 aliphatic heterocycles. The number of benzene rings is 2. The Hall–Kier alpha value is -4.12. The fourth-order valence-electron chi connectivity index (χ4n) is 3.48. The predicted molar refractivity (Wildman–Crippen MR) is 117 cm³/mol. The highest BCUT2D eigenvalue weighted by atomic mass is 16.5. The zero-order chi connectivity index (χ0) is 20.5. The molecule has 0 aliphatic carbocycles. The van der Waals surface area contributed by atoms with Crippen molar-refractivity contribution in [2.24, 2.45) is 0 Å². The average Bonchev–Trinajstić information content (AvgIpc) is 2.82. The molecule has 2 aromatic carbocycles. The van der Waals surface area contributed by atoms with E-state index in [1.807, 2.05) is 73.1 Å². The Kier molecular flexibility index (Phi) is 4.41. The van der Waals surface area contributed by atoms with E-state index in [2.05, 4.69) is 9.97 Å². The van der Waals surface area contributed by atoms with Crippen LogP contribution in [-0.4, -0.2) is 28.0 Å². The van der Waals surface area contributed by atoms with Gasteiger partial charge < -0.3 is 4.74 Å². The molecule has 0 N–H and O–H groups in total. The van der Waals surface area contributed by atoms with Crippen LogP contribution in [0.3, 0.4) is 0 Å². The average molecular weight is 391 g/mol. The maximum atomic E-state index is 12.3. The van der Waals surface area contributed by atoms with Crippen LogP contribution >= 0.6 is 0 Å². The Bertz CT molecular complexity index is 1310. The minimum atomic E-state index is -0.429. The molecule has 0 saturated carbocycles. The Morgan fingerprint density at radius 2 is 1.13 bits per heavy atom. The van der Waals surface area contributed by atoms with Crippen LogP contribution in [0, 0.1) is 0 Å². The van der Waals surface area contributed by atoms with Gasteiger partial charge in [-0.05, 0) is 35.0 Å². The van der Waals surface area contributed by atoms with Gasteiger partial charge in [0.25, 0.3) is 0 Å². The zero-order valence-corrected chi connectivity index (χ0v) is 16.2. The molecule has 0 spiro atoms. The molecule has 5 rings (SSSR count). The van der Waals surface area contributed by atoms with Gasteiger partial charge in [0.1, 0.15) is 0 Å². The summed E-state index contributed by atoms with van der Waals surface area (Å²) in [6.07, 6.45) is 3.62. The van der Waals surface area contributed by atoms with Crippen LogP contribution < -0.4 is 0 Å². The molecule has 0 amide bonds. The Morgan fingerprint density at radius 3 is 1.60 bits per heavy atom. The maximum Gasteiger partial charge on any atom is 0.338 e. The zero-order valence-electron chi connectivity index (χ0n) is 16.2. The van der Waals surface area contributed by atoms with Gasteiger partial charge in [0.2, 0.25) is 0 Å². The fourth-order valence-corrected chi connectivity index (χ4v) is 3.48. The van der Waals surface area contributed by atoms with Gasteiger partial charge in [0.15, 0.2) is 0 Å². The summed E-state index contributed by atoms with van der Waals surface area (Å²) in [6.45, 7) is 0. The van der Waals surface area contributed by atoms with E-state index in [-0.39, 0.29) is 0 Å². The van der Waals surface area contributed by atoms with Crippen molar-refractivity contribution in [1.29, 1.82) is 0 Å². The third kappa shape index (κ3) is 3.26. The van der Waals surface area contributed by atoms with Crippen LogP contribution in [0.1, 0.15) is 10.4 Å². The first kappa shape index (κ1) is 17.9. The summed E-state index contributed by atoms with van der Waals surface area (Å²) in [5.74, 6) is -0.429. The van der Waals surface area contributed by atoms with Gasteiger partial charge in [0, 0.05) is 23.2 Å². The first-order valence-electron chi connectivity index (χ1n) is 9.52. The summed E-state index contributed by atoms with van der Waals surface area (Å²) in [5, 5.41) is 4.19. The van der Waals surface area contributed by atoms with Gasteiger partial charge in [-0.25, -0.2) is 9.78 Å². The SMILES string of the molecule is COC(=O)c1cc(-c2cc3ccccc3cn2)nc(-c2cc3ccccc3cn2)c1. The van der Waals surface area contributed by atoms with Crippen LogP contribution in [0.25, 0.3) is 44.3 Å². The molecular formula is C25H17N3O2. The monoisotopic (exact) mass is 391 g/mol. The molecule has 0 atom stereocenters. The van der Waals surface area contributed by atoms with Crippen molar-refractivity contribution in [3.63, 3.8) is 0 Å². The number of carbonyl (C=O) groups excluding carboxylic acids is 1. The third-order valence-electron chi connectivity index (χ3n) is 5.03. The van der Waals surface area contributed by atoms with E-state index in [1.165, 1.54) is 7.11 Å². The topological polar surface area (TPSA) is 65.0 Å². The van der Waals surface area contributed by atoms with Crippen molar-refractivity contribution in [3.8, 4) is 22.8 Å². The van der Waals surface area contributed by atoms with Gasteiger partial charge in [-0.15, -0.1) is 0 Å². The first-order chi connectivity index (χ1) is 14.7. The van der Waals surface area contributed by atoms with Gasteiger partial charge in [0.05, 0.1) is 35.4 Å². The molecule has 0 saturated heterocycles. The van der Waals surface area contributed by atoms with E-state index in [9.17, 15) is 4.79 Å². The summed E-state index contributed by atoms with van der Waals surface area (Å²) in [4.78, 5) is 26.2. The Labute approximate surface area is 173 Å². The number of hydrogen-bond acceptors (Lipinski definition) is 5. The number of carbonyl (C=O) groups is 1. The van der Waals surface area contributed by atoms with E-state index < -0.39 is 5.97 Å². The summed E-state index contributed by atoms with van der Waals surface area (Å²) in [5.41, 5.74) is 2.95. The smallest absolute Gasteiger partial charge is 0.338 e. The minimum absolute atomic E-state index is 0.405. The van der Waals surface area contributed by atoms with Gasteiger partial charge >= 0.3 is 5.97 Å². The van der Waals surface area contributed by atoms with Crippen molar-refractivity contribution < 1.29 is 9.53 Å². The lowest BCUT2D eigenvalue weighted by atomic mass is 10.1. The van der Waals surface area contributed by atoms with Gasteiger partial charge in [-0.2, -0.15) is 0 Å². The second-order valence-electron chi connectivity index (χ2n) is 6.95. The maximum absolute atomic E-state index is 12.3. The van der Waals surface area contributed by atoms with E-state index in [0.29, 0.717) is 28.3 Å². The lowest BCUT2D eigenvalue weighted by Gasteiger charge is -2.09. The van der Waals surface area contributed by atoms with Gasteiger partial charge in [-0.3, -0.25) is 9.97 Å². The number of hydrogen-bond donors (Lipinski definition) is 0. The number of esters is 1. The minimum Gasteiger partial charge on any atom is -0.465 e. The van der Waals surface area contributed by atoms with E-state index in [0.717, 1.165) is 21.5 Å². The second kappa shape index (κ2) is 7.37. The molecule has 30 heavy (non-hydrogen) atoms. The van der Waals surface area contributed by atoms with Crippen molar-refractivity contribution in [3.05, 3.63) is 90.8 Å². The molecule has 5 aromatic rings. The van der Waals surface area contributed by atoms with Crippen LogP contribution in [-0.2, 0) is 4.74 Å². The third-order valence-corrected chi connectivity index (χ3v) is 5.03. The summed E-state index contributed by atoms with van der Waals surface area (Å²) < 4.78 is 4.95. The summed E-state index contributed by atoms with van der Waals surface area (Å²) >= 11 is 0. The van der Waals surface area contributed by atoms with Crippen LogP contribution in [0.5, 0.6) is 0 Å². The van der Waals surface area contributed by atoms with Crippen molar-refractivity contribution in [2.75, 3.05) is 7.11 Å². The molecule has 0 aliphatic rings. The van der Waals surface area contributed by atoms with E-state index in [4.69, 9.17) is 9.72 Å². The standard InChI is InChI=1S/C25H17N3O2/c1-30-25(29)20-12-23(21-10-16-6-2-4-8-18(16)14-26-21)28-24(13-20)22-11-17-7-3-5-9-19(17)15-27-22/h2-15H,1H3.